The smallest absolute Gasteiger partial charge is 0.253 e. The molecule has 0 aromatic heterocycles. The van der Waals surface area contributed by atoms with E-state index < -0.39 is 0 Å². The highest BCUT2D eigenvalue weighted by Gasteiger charge is 2.24. The first kappa shape index (κ1) is 19.7. The number of rotatable bonds is 6. The largest absolute Gasteiger partial charge is 0.497 e. The number of nitrogens with one attached hydrogen (secondary N) is 2. The van der Waals surface area contributed by atoms with E-state index in [9.17, 15) is 9.59 Å². The molecule has 1 unspecified atom stereocenters. The maximum Gasteiger partial charge on any atom is 0.253 e. The predicted molar refractivity (Wildman–Crippen MR) is 110 cm³/mol. The van der Waals surface area contributed by atoms with Crippen LogP contribution in [0.15, 0.2) is 48.5 Å². The summed E-state index contributed by atoms with van der Waals surface area (Å²) in [6.07, 6.45) is 1.83. The normalized spacial score (nSPS) is 17.0. The number of carbonyl (C=O) groups is 2. The third-order valence-electron chi connectivity index (χ3n) is 5.09. The summed E-state index contributed by atoms with van der Waals surface area (Å²) in [6.45, 7) is 1.17. The zero-order valence-electron chi connectivity index (χ0n) is 16.4. The van der Waals surface area contributed by atoms with Crippen LogP contribution in [0.1, 0.15) is 35.2 Å². The first-order chi connectivity index (χ1) is 13.6. The molecule has 2 N–H and O–H groups in total. The van der Waals surface area contributed by atoms with Gasteiger partial charge in [-0.15, -0.1) is 0 Å². The summed E-state index contributed by atoms with van der Waals surface area (Å²) in [4.78, 5) is 27.1. The second kappa shape index (κ2) is 9.26. The molecule has 28 heavy (non-hydrogen) atoms. The van der Waals surface area contributed by atoms with Crippen LogP contribution in [0.3, 0.4) is 0 Å². The molecule has 0 spiro atoms. The Kier molecular flexibility index (Phi) is 6.53. The Morgan fingerprint density at radius 1 is 1.18 bits per heavy atom. The molecule has 1 aliphatic rings. The number of carbonyl (C=O) groups excluding carboxylic acids is 2. The molecule has 3 rings (SSSR count). The van der Waals surface area contributed by atoms with Crippen molar-refractivity contribution in [2.75, 3.05) is 26.0 Å². The lowest BCUT2D eigenvalue weighted by atomic mass is 10.1. The van der Waals surface area contributed by atoms with Crippen LogP contribution >= 0.6 is 0 Å². The van der Waals surface area contributed by atoms with Crippen molar-refractivity contribution in [1.82, 2.24) is 10.2 Å². The van der Waals surface area contributed by atoms with Gasteiger partial charge < -0.3 is 20.3 Å². The van der Waals surface area contributed by atoms with Gasteiger partial charge in [-0.3, -0.25) is 9.59 Å². The number of methoxy groups -OCH3 is 1. The molecular formula is C22H27N3O3. The van der Waals surface area contributed by atoms with Crippen LogP contribution in [-0.2, 0) is 11.3 Å². The molecule has 1 atom stereocenters. The van der Waals surface area contributed by atoms with Gasteiger partial charge in [0.15, 0.2) is 0 Å². The summed E-state index contributed by atoms with van der Waals surface area (Å²) in [5.74, 6) is 0.798. The summed E-state index contributed by atoms with van der Waals surface area (Å²) in [5, 5.41) is 6.14. The van der Waals surface area contributed by atoms with E-state index in [1.165, 1.54) is 0 Å². The van der Waals surface area contributed by atoms with Crippen LogP contribution in [-0.4, -0.2) is 43.5 Å². The zero-order chi connectivity index (χ0) is 19.9. The Balaban J connectivity index is 1.61. The van der Waals surface area contributed by atoms with Crippen molar-refractivity contribution < 1.29 is 14.3 Å². The molecule has 148 valence electrons. The van der Waals surface area contributed by atoms with E-state index >= 15 is 0 Å². The minimum atomic E-state index is -0.108. The fourth-order valence-corrected chi connectivity index (χ4v) is 3.50. The standard InChI is InChI=1S/C22H27N3O3/c1-23-20-9-4-3-8-19(20)22(27)24-17-10-11-21(26)25(13-12-17)15-16-6-5-7-18(14-16)28-2/h3-9,14,17,23H,10-13,15H2,1-2H3,(H,24,27). The topological polar surface area (TPSA) is 70.7 Å². The van der Waals surface area contributed by atoms with Crippen molar-refractivity contribution in [3.63, 3.8) is 0 Å². The lowest BCUT2D eigenvalue weighted by Crippen LogP contribution is -2.36. The number of benzene rings is 2. The third kappa shape index (κ3) is 4.82. The van der Waals surface area contributed by atoms with Crippen molar-refractivity contribution >= 4 is 17.5 Å². The van der Waals surface area contributed by atoms with E-state index in [0.717, 1.165) is 23.4 Å². The van der Waals surface area contributed by atoms with Crippen LogP contribution < -0.4 is 15.4 Å². The molecule has 0 radical (unpaired) electrons. The molecule has 1 saturated heterocycles. The maximum absolute atomic E-state index is 12.7. The molecule has 0 bridgehead atoms. The van der Waals surface area contributed by atoms with Gasteiger partial charge in [-0.25, -0.2) is 0 Å². The van der Waals surface area contributed by atoms with E-state index in [1.807, 2.05) is 47.4 Å². The molecule has 1 aliphatic heterocycles. The summed E-state index contributed by atoms with van der Waals surface area (Å²) in [6, 6.07) is 15.2. The van der Waals surface area contributed by atoms with Gasteiger partial charge in [0.2, 0.25) is 5.91 Å². The Morgan fingerprint density at radius 3 is 2.79 bits per heavy atom. The van der Waals surface area contributed by atoms with E-state index in [4.69, 9.17) is 4.74 Å². The molecular weight excluding hydrogens is 354 g/mol. The van der Waals surface area contributed by atoms with Crippen LogP contribution in [0.25, 0.3) is 0 Å². The summed E-state index contributed by atoms with van der Waals surface area (Å²) in [5.41, 5.74) is 2.45. The van der Waals surface area contributed by atoms with Crippen molar-refractivity contribution in [2.45, 2.75) is 31.8 Å². The molecule has 1 fully saturated rings. The zero-order valence-corrected chi connectivity index (χ0v) is 16.4. The highest BCUT2D eigenvalue weighted by molar-refractivity contribution is 5.99. The number of para-hydroxylation sites is 1. The monoisotopic (exact) mass is 381 g/mol. The van der Waals surface area contributed by atoms with Crippen LogP contribution in [0.5, 0.6) is 5.75 Å². The third-order valence-corrected chi connectivity index (χ3v) is 5.09. The number of likely N-dealkylation sites (tertiary alicyclic amines) is 1. The van der Waals surface area contributed by atoms with Gasteiger partial charge in [0.05, 0.1) is 12.7 Å². The van der Waals surface area contributed by atoms with Crippen molar-refractivity contribution in [3.8, 4) is 5.75 Å². The first-order valence-corrected chi connectivity index (χ1v) is 9.59. The van der Waals surface area contributed by atoms with E-state index in [2.05, 4.69) is 10.6 Å². The highest BCUT2D eigenvalue weighted by Crippen LogP contribution is 2.20. The van der Waals surface area contributed by atoms with Crippen LogP contribution in [0.4, 0.5) is 5.69 Å². The number of amides is 2. The Hall–Kier alpha value is -3.02. The Labute approximate surface area is 165 Å². The molecule has 2 aromatic rings. The number of nitrogens with zero attached hydrogens (tertiary/aromatic N) is 1. The summed E-state index contributed by atoms with van der Waals surface area (Å²) < 4.78 is 5.26. The van der Waals surface area contributed by atoms with E-state index in [-0.39, 0.29) is 17.9 Å². The second-order valence-corrected chi connectivity index (χ2v) is 6.96. The Bertz CT molecular complexity index is 837. The number of hydrogen-bond donors (Lipinski definition) is 2. The van der Waals surface area contributed by atoms with Gasteiger partial charge in [0, 0.05) is 38.3 Å². The predicted octanol–water partition coefficient (Wildman–Crippen LogP) is 3.05. The second-order valence-electron chi connectivity index (χ2n) is 6.96. The fourth-order valence-electron chi connectivity index (χ4n) is 3.50. The maximum atomic E-state index is 12.7. The van der Waals surface area contributed by atoms with E-state index in [0.29, 0.717) is 31.5 Å². The van der Waals surface area contributed by atoms with Crippen molar-refractivity contribution in [2.24, 2.45) is 0 Å². The van der Waals surface area contributed by atoms with Crippen LogP contribution in [0, 0.1) is 0 Å². The number of hydrogen-bond acceptors (Lipinski definition) is 4. The molecule has 2 amide bonds. The minimum Gasteiger partial charge on any atom is -0.497 e. The average molecular weight is 381 g/mol. The van der Waals surface area contributed by atoms with Crippen molar-refractivity contribution in [3.05, 3.63) is 59.7 Å². The lowest BCUT2D eigenvalue weighted by molar-refractivity contribution is -0.131. The minimum absolute atomic E-state index is 0.0170. The first-order valence-electron chi connectivity index (χ1n) is 9.59. The highest BCUT2D eigenvalue weighted by atomic mass is 16.5. The van der Waals surface area contributed by atoms with Crippen LogP contribution in [0.2, 0.25) is 0 Å². The van der Waals surface area contributed by atoms with Gasteiger partial charge in [0.1, 0.15) is 5.75 Å². The van der Waals surface area contributed by atoms with Gasteiger partial charge in [-0.1, -0.05) is 24.3 Å². The molecule has 6 nitrogen and oxygen atoms in total. The Morgan fingerprint density at radius 2 is 2.00 bits per heavy atom. The molecule has 2 aromatic carbocycles. The van der Waals surface area contributed by atoms with Gasteiger partial charge in [-0.05, 0) is 42.7 Å². The van der Waals surface area contributed by atoms with Crippen molar-refractivity contribution in [1.29, 1.82) is 0 Å². The SMILES string of the molecule is CNc1ccccc1C(=O)NC1CCC(=O)N(Cc2cccc(OC)c2)CC1. The van der Waals surface area contributed by atoms with Gasteiger partial charge in [-0.2, -0.15) is 0 Å². The molecule has 6 heteroatoms. The lowest BCUT2D eigenvalue weighted by Gasteiger charge is -2.21. The van der Waals surface area contributed by atoms with Gasteiger partial charge >= 0.3 is 0 Å². The molecule has 0 aliphatic carbocycles. The van der Waals surface area contributed by atoms with E-state index in [1.54, 1.807) is 20.2 Å². The number of anilines is 1. The molecule has 0 saturated carbocycles. The number of ether oxygens (including phenoxy) is 1. The summed E-state index contributed by atoms with van der Waals surface area (Å²) in [7, 11) is 3.43. The quantitative estimate of drug-likeness (QED) is 0.807. The fraction of sp³-hybridized carbons (Fsp3) is 0.364. The molecule has 1 heterocycles. The summed E-state index contributed by atoms with van der Waals surface area (Å²) >= 11 is 0. The van der Waals surface area contributed by atoms with Gasteiger partial charge in [0.25, 0.3) is 5.91 Å². The average Bonchev–Trinajstić information content (AvgIpc) is 2.90.